The molecule has 2 aliphatic heterocycles. The first-order chi connectivity index (χ1) is 13.3. The molecule has 0 aliphatic carbocycles. The number of benzene rings is 1. The Labute approximate surface area is 163 Å². The number of nitrogens with zero attached hydrogens (tertiary/aromatic N) is 5. The summed E-state index contributed by atoms with van der Waals surface area (Å²) in [7, 11) is 0. The minimum Gasteiger partial charge on any atom is -0.371 e. The van der Waals surface area contributed by atoms with E-state index >= 15 is 0 Å². The summed E-state index contributed by atoms with van der Waals surface area (Å²) >= 11 is 0. The van der Waals surface area contributed by atoms with Crippen LogP contribution < -0.4 is 4.90 Å². The molecule has 3 heterocycles. The van der Waals surface area contributed by atoms with Crippen molar-refractivity contribution in [3.63, 3.8) is 0 Å². The van der Waals surface area contributed by atoms with Crippen molar-refractivity contribution in [1.29, 1.82) is 0 Å². The maximum absolute atomic E-state index is 4.13. The number of anilines is 1. The fourth-order valence-corrected chi connectivity index (χ4v) is 4.87. The van der Waals surface area contributed by atoms with E-state index in [4.69, 9.17) is 0 Å². The maximum Gasteiger partial charge on any atom is 0.0991 e. The molecule has 0 unspecified atom stereocenters. The summed E-state index contributed by atoms with van der Waals surface area (Å²) in [6.07, 6.45) is 9.58. The Bertz CT molecular complexity index is 684. The van der Waals surface area contributed by atoms with Crippen LogP contribution in [-0.2, 0) is 0 Å². The standard InChI is InChI=1S/C22H33N5/c1-3-24(4-2)22-11-15-26(17-22)21-9-13-25(14-10-21)19-5-7-20(8-6-19)27-16-12-23-18-27/h5-8,12,16,18,21-22H,3-4,9-11,13-15,17H2,1-2H3/t22-/m0/s1. The van der Waals surface area contributed by atoms with Gasteiger partial charge in [0.05, 0.1) is 6.33 Å². The summed E-state index contributed by atoms with van der Waals surface area (Å²) in [4.78, 5) is 12.1. The first-order valence-electron chi connectivity index (χ1n) is 10.6. The molecule has 146 valence electrons. The second-order valence-corrected chi connectivity index (χ2v) is 7.86. The second-order valence-electron chi connectivity index (χ2n) is 7.86. The molecule has 1 aromatic carbocycles. The van der Waals surface area contributed by atoms with Gasteiger partial charge in [-0.15, -0.1) is 0 Å². The van der Waals surface area contributed by atoms with Gasteiger partial charge in [0.2, 0.25) is 0 Å². The molecule has 2 saturated heterocycles. The number of rotatable bonds is 6. The first-order valence-corrected chi connectivity index (χ1v) is 10.6. The topological polar surface area (TPSA) is 27.5 Å². The molecule has 4 rings (SSSR count). The predicted octanol–water partition coefficient (Wildman–Crippen LogP) is 3.26. The molecule has 0 saturated carbocycles. The number of hydrogen-bond donors (Lipinski definition) is 0. The van der Waals surface area contributed by atoms with Gasteiger partial charge in [0, 0.05) is 62.0 Å². The Hall–Kier alpha value is -1.85. The molecule has 1 aromatic heterocycles. The van der Waals surface area contributed by atoms with Crippen molar-refractivity contribution < 1.29 is 0 Å². The van der Waals surface area contributed by atoms with Gasteiger partial charge in [-0.2, -0.15) is 0 Å². The second kappa shape index (κ2) is 8.44. The maximum atomic E-state index is 4.13. The lowest BCUT2D eigenvalue weighted by Crippen LogP contribution is -2.45. The lowest BCUT2D eigenvalue weighted by Gasteiger charge is -2.38. The van der Waals surface area contributed by atoms with Gasteiger partial charge < -0.3 is 9.47 Å². The van der Waals surface area contributed by atoms with Gasteiger partial charge in [-0.25, -0.2) is 4.98 Å². The quantitative estimate of drug-likeness (QED) is 0.783. The summed E-state index contributed by atoms with van der Waals surface area (Å²) in [6.45, 7) is 11.8. The van der Waals surface area contributed by atoms with Gasteiger partial charge in [0.25, 0.3) is 0 Å². The average molecular weight is 368 g/mol. The molecule has 5 nitrogen and oxygen atoms in total. The zero-order valence-electron chi connectivity index (χ0n) is 16.8. The fraction of sp³-hybridized carbons (Fsp3) is 0.591. The zero-order chi connectivity index (χ0) is 18.6. The SMILES string of the molecule is CCN(CC)[C@H]1CCN(C2CCN(c3ccc(-n4ccnc4)cc3)CC2)C1. The Morgan fingerprint density at radius 1 is 0.963 bits per heavy atom. The minimum absolute atomic E-state index is 0.770. The lowest BCUT2D eigenvalue weighted by atomic mass is 10.0. The Morgan fingerprint density at radius 3 is 2.30 bits per heavy atom. The smallest absolute Gasteiger partial charge is 0.0991 e. The molecule has 0 amide bonds. The van der Waals surface area contributed by atoms with Crippen LogP contribution in [0.2, 0.25) is 0 Å². The number of aromatic nitrogens is 2. The van der Waals surface area contributed by atoms with E-state index in [9.17, 15) is 0 Å². The third-order valence-electron chi connectivity index (χ3n) is 6.52. The highest BCUT2D eigenvalue weighted by Crippen LogP contribution is 2.27. The van der Waals surface area contributed by atoms with E-state index in [0.717, 1.165) is 12.1 Å². The number of hydrogen-bond acceptors (Lipinski definition) is 4. The Kier molecular flexibility index (Phi) is 5.79. The summed E-state index contributed by atoms with van der Waals surface area (Å²) < 4.78 is 2.05. The highest BCUT2D eigenvalue weighted by molar-refractivity contribution is 5.51. The number of likely N-dealkylation sites (tertiary alicyclic amines) is 1. The molecular formula is C22H33N5. The van der Waals surface area contributed by atoms with Crippen LogP contribution in [0.25, 0.3) is 5.69 Å². The average Bonchev–Trinajstić information content (AvgIpc) is 3.42. The van der Waals surface area contributed by atoms with Gasteiger partial charge in [-0.05, 0) is 56.6 Å². The van der Waals surface area contributed by atoms with Crippen LogP contribution in [0.4, 0.5) is 5.69 Å². The molecule has 2 fully saturated rings. The molecule has 5 heteroatoms. The molecule has 0 bridgehead atoms. The molecule has 0 radical (unpaired) electrons. The molecular weight excluding hydrogens is 334 g/mol. The molecule has 2 aliphatic rings. The number of likely N-dealkylation sites (N-methyl/N-ethyl adjacent to an activating group) is 1. The summed E-state index contributed by atoms with van der Waals surface area (Å²) in [5.41, 5.74) is 2.52. The Balaban J connectivity index is 1.30. The van der Waals surface area contributed by atoms with Crippen LogP contribution in [0.1, 0.15) is 33.1 Å². The molecule has 1 atom stereocenters. The van der Waals surface area contributed by atoms with Crippen molar-refractivity contribution in [1.82, 2.24) is 19.4 Å². The first kappa shape index (κ1) is 18.5. The van der Waals surface area contributed by atoms with Gasteiger partial charge >= 0.3 is 0 Å². The van der Waals surface area contributed by atoms with Crippen molar-refractivity contribution >= 4 is 5.69 Å². The van der Waals surface area contributed by atoms with Crippen LogP contribution >= 0.6 is 0 Å². The largest absolute Gasteiger partial charge is 0.371 e. The highest BCUT2D eigenvalue weighted by Gasteiger charge is 2.32. The normalized spacial score (nSPS) is 22.0. The molecule has 0 spiro atoms. The number of piperidine rings is 1. The Morgan fingerprint density at radius 2 is 1.67 bits per heavy atom. The van der Waals surface area contributed by atoms with Gasteiger partial charge in [-0.1, -0.05) is 13.8 Å². The van der Waals surface area contributed by atoms with E-state index in [1.165, 1.54) is 69.9 Å². The summed E-state index contributed by atoms with van der Waals surface area (Å²) in [5.74, 6) is 0. The van der Waals surface area contributed by atoms with Crippen molar-refractivity contribution in [3.8, 4) is 5.69 Å². The molecule has 27 heavy (non-hydrogen) atoms. The van der Waals surface area contributed by atoms with Crippen molar-refractivity contribution in [2.45, 2.75) is 45.2 Å². The van der Waals surface area contributed by atoms with Crippen LogP contribution in [0.3, 0.4) is 0 Å². The van der Waals surface area contributed by atoms with Gasteiger partial charge in [-0.3, -0.25) is 9.80 Å². The van der Waals surface area contributed by atoms with Gasteiger partial charge in [0.15, 0.2) is 0 Å². The third-order valence-corrected chi connectivity index (χ3v) is 6.52. The van der Waals surface area contributed by atoms with E-state index in [1.807, 2.05) is 18.7 Å². The van der Waals surface area contributed by atoms with Crippen LogP contribution in [0.15, 0.2) is 43.0 Å². The summed E-state index contributed by atoms with van der Waals surface area (Å²) in [5, 5.41) is 0. The predicted molar refractivity (Wildman–Crippen MR) is 112 cm³/mol. The van der Waals surface area contributed by atoms with E-state index in [2.05, 4.69) is 62.4 Å². The molecule has 2 aromatic rings. The molecule has 0 N–H and O–H groups in total. The highest BCUT2D eigenvalue weighted by atomic mass is 15.3. The van der Waals surface area contributed by atoms with E-state index in [1.54, 1.807) is 0 Å². The zero-order valence-corrected chi connectivity index (χ0v) is 16.8. The van der Waals surface area contributed by atoms with E-state index in [-0.39, 0.29) is 0 Å². The van der Waals surface area contributed by atoms with Crippen molar-refractivity contribution in [3.05, 3.63) is 43.0 Å². The van der Waals surface area contributed by atoms with Crippen LogP contribution in [0, 0.1) is 0 Å². The number of imidazole rings is 1. The lowest BCUT2D eigenvalue weighted by molar-refractivity contribution is 0.171. The van der Waals surface area contributed by atoms with E-state index < -0.39 is 0 Å². The third kappa shape index (κ3) is 4.04. The van der Waals surface area contributed by atoms with Crippen molar-refractivity contribution in [2.24, 2.45) is 0 Å². The minimum atomic E-state index is 0.770. The van der Waals surface area contributed by atoms with Crippen LogP contribution in [0.5, 0.6) is 0 Å². The van der Waals surface area contributed by atoms with Crippen LogP contribution in [-0.4, -0.2) is 70.7 Å². The monoisotopic (exact) mass is 367 g/mol. The summed E-state index contributed by atoms with van der Waals surface area (Å²) in [6, 6.07) is 10.4. The van der Waals surface area contributed by atoms with Gasteiger partial charge in [0.1, 0.15) is 0 Å². The van der Waals surface area contributed by atoms with Crippen molar-refractivity contribution in [2.75, 3.05) is 44.2 Å². The van der Waals surface area contributed by atoms with E-state index in [0.29, 0.717) is 0 Å². The fourth-order valence-electron chi connectivity index (χ4n) is 4.87.